The third-order valence-electron chi connectivity index (χ3n) is 7.55. The van der Waals surface area contributed by atoms with Crippen LogP contribution < -0.4 is 5.32 Å². The highest BCUT2D eigenvalue weighted by atomic mass is 35.5. The van der Waals surface area contributed by atoms with Crippen molar-refractivity contribution in [3.05, 3.63) is 59.5 Å². The average molecular weight is 541 g/mol. The van der Waals surface area contributed by atoms with Crippen LogP contribution in [0.5, 0.6) is 0 Å². The predicted octanol–water partition coefficient (Wildman–Crippen LogP) is 5.95. The van der Waals surface area contributed by atoms with Crippen LogP contribution in [0.15, 0.2) is 52.8 Å². The molecule has 2 saturated carbocycles. The van der Waals surface area contributed by atoms with Gasteiger partial charge in [0.15, 0.2) is 0 Å². The number of nitrogens with one attached hydrogen (secondary N) is 1. The number of allylic oxidation sites excluding steroid dienone is 2. The summed E-state index contributed by atoms with van der Waals surface area (Å²) in [4.78, 5) is 24.2. The highest BCUT2D eigenvalue weighted by Crippen LogP contribution is 2.28. The van der Waals surface area contributed by atoms with Gasteiger partial charge in [0.1, 0.15) is 16.8 Å². The van der Waals surface area contributed by atoms with Crippen molar-refractivity contribution in [2.75, 3.05) is 32.5 Å². The Balaban J connectivity index is 0.000000241. The summed E-state index contributed by atoms with van der Waals surface area (Å²) >= 11 is 6.11. The third kappa shape index (κ3) is 7.91. The van der Waals surface area contributed by atoms with Gasteiger partial charge >= 0.3 is 0 Å². The number of nitriles is 1. The Hall–Kier alpha value is -3.18. The van der Waals surface area contributed by atoms with Gasteiger partial charge in [-0.2, -0.15) is 9.65 Å². The van der Waals surface area contributed by atoms with Gasteiger partial charge in [0, 0.05) is 32.4 Å². The van der Waals surface area contributed by atoms with Crippen LogP contribution in [-0.4, -0.2) is 59.1 Å². The first-order valence-corrected chi connectivity index (χ1v) is 13.7. The number of aromatic nitrogens is 1. The Labute approximate surface area is 230 Å². The Kier molecular flexibility index (Phi) is 10.9. The van der Waals surface area contributed by atoms with Crippen molar-refractivity contribution < 1.29 is 9.18 Å². The van der Waals surface area contributed by atoms with Gasteiger partial charge < -0.3 is 15.1 Å². The fourth-order valence-corrected chi connectivity index (χ4v) is 4.86. The van der Waals surface area contributed by atoms with Gasteiger partial charge in [-0.25, -0.2) is 4.98 Å². The number of nitrogens with zero attached hydrogens (tertiary/aromatic N) is 5. The highest BCUT2D eigenvalue weighted by Gasteiger charge is 2.27. The van der Waals surface area contributed by atoms with Crippen molar-refractivity contribution in [3.63, 3.8) is 0 Å². The second-order valence-corrected chi connectivity index (χ2v) is 10.5. The molecule has 2 fully saturated rings. The standard InChI is InChI=1S/C18H23ClN4O.C11H15FN2/c1-13-9-10-17(19)21-12-16(15(11-20)18(24)22(13)2)23(3)14-7-5-4-6-8-14;1-8-10(5-6-11(12)14-8)13-7-9-3-2-4-9/h9-10,14H,1,4-8,12H2,2-3H3;5-6,9,13H,2-4,7H2,1H3/b10-9-,16-15+,21-17?;. The normalized spacial score (nSPS) is 21.9. The van der Waals surface area contributed by atoms with Gasteiger partial charge in [0.05, 0.1) is 23.6 Å². The zero-order valence-corrected chi connectivity index (χ0v) is 23.4. The van der Waals surface area contributed by atoms with Crippen LogP contribution in [0.25, 0.3) is 0 Å². The van der Waals surface area contributed by atoms with E-state index in [1.807, 2.05) is 18.9 Å². The molecule has 0 atom stereocenters. The van der Waals surface area contributed by atoms with Gasteiger partial charge in [0.2, 0.25) is 5.95 Å². The van der Waals surface area contributed by atoms with E-state index in [9.17, 15) is 14.4 Å². The van der Waals surface area contributed by atoms with Gasteiger partial charge in [0.25, 0.3) is 5.91 Å². The number of anilines is 1. The maximum absolute atomic E-state index is 12.7. The number of hydrogen-bond acceptors (Lipinski definition) is 6. The first-order valence-electron chi connectivity index (χ1n) is 13.3. The van der Waals surface area contributed by atoms with E-state index in [0.29, 0.717) is 22.6 Å². The predicted molar refractivity (Wildman–Crippen MR) is 151 cm³/mol. The van der Waals surface area contributed by atoms with E-state index in [1.54, 1.807) is 25.3 Å². The van der Waals surface area contributed by atoms with Crippen LogP contribution in [-0.2, 0) is 4.79 Å². The van der Waals surface area contributed by atoms with Crippen molar-refractivity contribution in [2.24, 2.45) is 10.9 Å². The van der Waals surface area contributed by atoms with Gasteiger partial charge in [-0.1, -0.05) is 43.9 Å². The number of aliphatic imine (C=N–C) groups is 1. The first kappa shape index (κ1) is 29.4. The van der Waals surface area contributed by atoms with E-state index in [1.165, 1.54) is 49.5 Å². The van der Waals surface area contributed by atoms with E-state index in [-0.39, 0.29) is 18.0 Å². The van der Waals surface area contributed by atoms with Crippen LogP contribution in [0.3, 0.4) is 0 Å². The van der Waals surface area contributed by atoms with Crippen molar-refractivity contribution in [3.8, 4) is 6.07 Å². The number of pyridine rings is 1. The van der Waals surface area contributed by atoms with Crippen LogP contribution in [0.1, 0.15) is 57.1 Å². The molecule has 2 heterocycles. The summed E-state index contributed by atoms with van der Waals surface area (Å²) < 4.78 is 12.7. The molecule has 1 N–H and O–H groups in total. The van der Waals surface area contributed by atoms with Crippen molar-refractivity contribution in [2.45, 2.75) is 64.3 Å². The molecule has 204 valence electrons. The SMILES string of the molecule is C=C1/C=C\C(Cl)=NC/C(N(C)C2CCCCC2)=C(/C#N)C(=O)N1C.Cc1nc(F)ccc1NCC1CCC1. The minimum Gasteiger partial charge on any atom is -0.383 e. The minimum atomic E-state index is -0.406. The van der Waals surface area contributed by atoms with Crippen LogP contribution in [0, 0.1) is 30.1 Å². The Morgan fingerprint density at radius 2 is 1.92 bits per heavy atom. The molecule has 3 aliphatic rings. The Morgan fingerprint density at radius 1 is 1.21 bits per heavy atom. The zero-order chi connectivity index (χ0) is 27.7. The molecule has 9 heteroatoms. The maximum Gasteiger partial charge on any atom is 0.270 e. The molecule has 4 rings (SSSR count). The summed E-state index contributed by atoms with van der Waals surface area (Å²) in [6, 6.07) is 5.56. The Morgan fingerprint density at radius 3 is 2.53 bits per heavy atom. The van der Waals surface area contributed by atoms with Crippen LogP contribution in [0.2, 0.25) is 0 Å². The molecule has 0 radical (unpaired) electrons. The van der Waals surface area contributed by atoms with Crippen LogP contribution in [0.4, 0.5) is 10.1 Å². The summed E-state index contributed by atoms with van der Waals surface area (Å²) in [5, 5.41) is 13.3. The molecular formula is C29H38ClFN6O. The molecule has 2 aliphatic carbocycles. The fraction of sp³-hybridized carbons (Fsp3) is 0.517. The number of halogens is 2. The van der Waals surface area contributed by atoms with Crippen molar-refractivity contribution >= 4 is 28.4 Å². The number of rotatable bonds is 5. The molecule has 0 saturated heterocycles. The monoisotopic (exact) mass is 540 g/mol. The van der Waals surface area contributed by atoms with Crippen molar-refractivity contribution in [1.29, 1.82) is 5.26 Å². The Bertz CT molecular complexity index is 1140. The van der Waals surface area contributed by atoms with E-state index in [2.05, 4.69) is 27.9 Å². The van der Waals surface area contributed by atoms with E-state index in [0.717, 1.165) is 36.7 Å². The lowest BCUT2D eigenvalue weighted by Crippen LogP contribution is -2.37. The molecule has 0 spiro atoms. The number of aryl methyl sites for hydroxylation is 1. The van der Waals surface area contributed by atoms with Crippen molar-refractivity contribution in [1.82, 2.24) is 14.8 Å². The molecule has 7 nitrogen and oxygen atoms in total. The lowest BCUT2D eigenvalue weighted by Gasteiger charge is -2.35. The highest BCUT2D eigenvalue weighted by molar-refractivity contribution is 6.68. The largest absolute Gasteiger partial charge is 0.383 e. The molecule has 0 unspecified atom stereocenters. The lowest BCUT2D eigenvalue weighted by atomic mass is 9.85. The van der Waals surface area contributed by atoms with E-state index in [4.69, 9.17) is 11.6 Å². The lowest BCUT2D eigenvalue weighted by molar-refractivity contribution is -0.123. The van der Waals surface area contributed by atoms with E-state index >= 15 is 0 Å². The fourth-order valence-electron chi connectivity index (χ4n) is 4.74. The summed E-state index contributed by atoms with van der Waals surface area (Å²) in [5.41, 5.74) is 2.89. The van der Waals surface area contributed by atoms with Gasteiger partial charge in [-0.15, -0.1) is 0 Å². The molecule has 1 aromatic heterocycles. The van der Waals surface area contributed by atoms with Gasteiger partial charge in [-0.05, 0) is 62.8 Å². The van der Waals surface area contributed by atoms with Crippen LogP contribution >= 0.6 is 11.6 Å². The molecule has 0 bridgehead atoms. The topological polar surface area (TPSA) is 84.6 Å². The molecule has 1 aliphatic heterocycles. The smallest absolute Gasteiger partial charge is 0.270 e. The average Bonchev–Trinajstić information content (AvgIpc) is 2.89. The van der Waals surface area contributed by atoms with Gasteiger partial charge in [-0.3, -0.25) is 9.79 Å². The zero-order valence-electron chi connectivity index (χ0n) is 22.6. The summed E-state index contributed by atoms with van der Waals surface area (Å²) in [5.74, 6) is 0.0363. The molecular weight excluding hydrogens is 503 g/mol. The number of amides is 1. The summed E-state index contributed by atoms with van der Waals surface area (Å²) in [6.45, 7) is 6.87. The van der Waals surface area contributed by atoms with E-state index < -0.39 is 5.95 Å². The summed E-state index contributed by atoms with van der Waals surface area (Å²) in [6.07, 6.45) is 12.9. The minimum absolute atomic E-state index is 0.107. The molecule has 38 heavy (non-hydrogen) atoms. The number of carbonyl (C=O) groups excluding carboxylic acids is 1. The summed E-state index contributed by atoms with van der Waals surface area (Å²) in [7, 11) is 3.55. The third-order valence-corrected chi connectivity index (χ3v) is 7.79. The second kappa shape index (κ2) is 14.1. The molecule has 1 amide bonds. The number of hydrogen-bond donors (Lipinski definition) is 1. The quantitative estimate of drug-likeness (QED) is 0.466. The molecule has 1 aromatic rings. The molecule has 0 aromatic carbocycles. The first-order chi connectivity index (χ1) is 18.2. The maximum atomic E-state index is 12.7. The second-order valence-electron chi connectivity index (χ2n) is 10.1. The number of carbonyl (C=O) groups is 1. The number of likely N-dealkylation sites (N-methyl/N-ethyl adjacent to an activating group) is 2.